The molecule has 2 N–H and O–H groups in total. The maximum Gasteiger partial charge on any atom is 0.308 e. The van der Waals surface area contributed by atoms with Crippen molar-refractivity contribution in [2.24, 2.45) is 5.92 Å². The first-order valence-electron chi connectivity index (χ1n) is 6.14. The quantitative estimate of drug-likeness (QED) is 0.734. The van der Waals surface area contributed by atoms with Crippen molar-refractivity contribution < 1.29 is 19.4 Å². The van der Waals surface area contributed by atoms with E-state index in [2.05, 4.69) is 5.32 Å². The Bertz CT molecular complexity index is 284. The summed E-state index contributed by atoms with van der Waals surface area (Å²) in [5, 5.41) is 11.7. The molecule has 2 atom stereocenters. The minimum atomic E-state index is -0.857. The largest absolute Gasteiger partial charge is 0.481 e. The van der Waals surface area contributed by atoms with Gasteiger partial charge in [0.15, 0.2) is 0 Å². The van der Waals surface area contributed by atoms with Gasteiger partial charge in [-0.3, -0.25) is 9.59 Å². The zero-order valence-electron chi connectivity index (χ0n) is 10.5. The fraction of sp³-hybridized carbons (Fsp3) is 0.833. The first kappa shape index (κ1) is 14.0. The van der Waals surface area contributed by atoms with Crippen molar-refractivity contribution in [1.82, 2.24) is 5.32 Å². The predicted octanol–water partition coefficient (Wildman–Crippen LogP) is 1.17. The molecule has 5 nitrogen and oxygen atoms in total. The number of carboxylic acids is 1. The number of carbonyl (C=O) groups is 2. The van der Waals surface area contributed by atoms with Gasteiger partial charge in [0.05, 0.1) is 5.92 Å². The van der Waals surface area contributed by atoms with Crippen LogP contribution in [0, 0.1) is 5.92 Å². The van der Waals surface area contributed by atoms with Crippen LogP contribution in [0.2, 0.25) is 0 Å². The van der Waals surface area contributed by atoms with E-state index in [1.54, 1.807) is 6.92 Å². The summed E-state index contributed by atoms with van der Waals surface area (Å²) >= 11 is 0. The lowest BCUT2D eigenvalue weighted by Gasteiger charge is -2.23. The summed E-state index contributed by atoms with van der Waals surface area (Å²) in [4.78, 5) is 22.8. The van der Waals surface area contributed by atoms with Crippen LogP contribution in [0.5, 0.6) is 0 Å². The molecule has 0 radical (unpaired) electrons. The first-order chi connectivity index (χ1) is 7.99. The van der Waals surface area contributed by atoms with Crippen molar-refractivity contribution >= 4 is 11.9 Å². The molecule has 0 aromatic heterocycles. The van der Waals surface area contributed by atoms with Crippen LogP contribution in [0.3, 0.4) is 0 Å². The van der Waals surface area contributed by atoms with Gasteiger partial charge < -0.3 is 15.2 Å². The highest BCUT2D eigenvalue weighted by Gasteiger charge is 2.37. The van der Waals surface area contributed by atoms with Crippen LogP contribution in [0.4, 0.5) is 0 Å². The molecule has 0 spiro atoms. The normalized spacial score (nSPS) is 25.5. The second-order valence-electron chi connectivity index (χ2n) is 4.72. The first-order valence-corrected chi connectivity index (χ1v) is 6.14. The van der Waals surface area contributed by atoms with E-state index in [9.17, 15) is 9.59 Å². The third kappa shape index (κ3) is 3.70. The van der Waals surface area contributed by atoms with Crippen molar-refractivity contribution in [3.8, 4) is 0 Å². The minimum absolute atomic E-state index is 0.182. The molecule has 17 heavy (non-hydrogen) atoms. The molecule has 1 fully saturated rings. The van der Waals surface area contributed by atoms with Crippen molar-refractivity contribution in [2.75, 3.05) is 13.2 Å². The van der Waals surface area contributed by atoms with E-state index in [1.165, 1.54) is 0 Å². The molecule has 2 unspecified atom stereocenters. The predicted molar refractivity (Wildman–Crippen MR) is 62.6 cm³/mol. The number of hydrogen-bond acceptors (Lipinski definition) is 3. The number of hydrogen-bond donors (Lipinski definition) is 2. The number of ether oxygens (including phenoxy) is 1. The number of nitrogens with one attached hydrogen (secondary N) is 1. The second-order valence-corrected chi connectivity index (χ2v) is 4.72. The lowest BCUT2D eigenvalue weighted by molar-refractivity contribution is -0.143. The summed E-state index contributed by atoms with van der Waals surface area (Å²) < 4.78 is 5.40. The average Bonchev–Trinajstić information content (AvgIpc) is 2.71. The lowest BCUT2D eigenvalue weighted by Crippen LogP contribution is -2.46. The highest BCUT2D eigenvalue weighted by molar-refractivity contribution is 5.85. The Kier molecular flexibility index (Phi) is 4.93. The van der Waals surface area contributed by atoms with Crippen LogP contribution in [0.25, 0.3) is 0 Å². The van der Waals surface area contributed by atoms with Gasteiger partial charge in [0.2, 0.25) is 0 Å². The Balaban J connectivity index is 2.43. The summed E-state index contributed by atoms with van der Waals surface area (Å²) in [5.41, 5.74) is -0.769. The van der Waals surface area contributed by atoms with E-state index >= 15 is 0 Å². The van der Waals surface area contributed by atoms with E-state index in [1.807, 2.05) is 6.92 Å². The van der Waals surface area contributed by atoms with Crippen LogP contribution >= 0.6 is 0 Å². The molecule has 1 heterocycles. The van der Waals surface area contributed by atoms with Gasteiger partial charge >= 0.3 is 5.97 Å². The third-order valence-electron chi connectivity index (χ3n) is 3.19. The van der Waals surface area contributed by atoms with Crippen molar-refractivity contribution in [2.45, 2.75) is 45.1 Å². The summed E-state index contributed by atoms with van der Waals surface area (Å²) in [6.07, 6.45) is 2.94. The maximum atomic E-state index is 11.9. The Morgan fingerprint density at radius 1 is 1.53 bits per heavy atom. The van der Waals surface area contributed by atoms with E-state index in [0.717, 1.165) is 12.8 Å². The van der Waals surface area contributed by atoms with E-state index in [0.29, 0.717) is 19.4 Å². The van der Waals surface area contributed by atoms with E-state index in [-0.39, 0.29) is 12.5 Å². The SMILES string of the molecule is CCCC(CNC(=O)C1(C)CCCO1)C(=O)O. The Morgan fingerprint density at radius 3 is 2.71 bits per heavy atom. The standard InChI is InChI=1S/C12H21NO4/c1-3-5-9(10(14)15)8-13-11(16)12(2)6-4-7-17-12/h9H,3-8H2,1-2H3,(H,13,16)(H,14,15). The Hall–Kier alpha value is -1.10. The lowest BCUT2D eigenvalue weighted by atomic mass is 10.00. The molecule has 0 bridgehead atoms. The van der Waals surface area contributed by atoms with Gasteiger partial charge in [-0.05, 0) is 26.2 Å². The zero-order chi connectivity index (χ0) is 12.9. The van der Waals surface area contributed by atoms with Crippen LogP contribution in [0.15, 0.2) is 0 Å². The highest BCUT2D eigenvalue weighted by Crippen LogP contribution is 2.25. The number of aliphatic carboxylic acids is 1. The van der Waals surface area contributed by atoms with Crippen LogP contribution in [-0.2, 0) is 14.3 Å². The van der Waals surface area contributed by atoms with Gasteiger partial charge in [-0.1, -0.05) is 13.3 Å². The molecule has 0 saturated carbocycles. The van der Waals surface area contributed by atoms with E-state index in [4.69, 9.17) is 9.84 Å². The fourth-order valence-electron chi connectivity index (χ4n) is 2.02. The summed E-state index contributed by atoms with van der Waals surface area (Å²) in [6, 6.07) is 0. The van der Waals surface area contributed by atoms with Gasteiger partial charge in [0.1, 0.15) is 5.60 Å². The smallest absolute Gasteiger partial charge is 0.308 e. The molecular weight excluding hydrogens is 222 g/mol. The molecule has 1 amide bonds. The van der Waals surface area contributed by atoms with Crippen LogP contribution in [-0.4, -0.2) is 35.7 Å². The highest BCUT2D eigenvalue weighted by atomic mass is 16.5. The summed E-state index contributed by atoms with van der Waals surface area (Å²) in [5.74, 6) is -1.56. The molecule has 0 aromatic carbocycles. The maximum absolute atomic E-state index is 11.9. The molecule has 0 aliphatic carbocycles. The average molecular weight is 243 g/mol. The molecule has 98 valence electrons. The third-order valence-corrected chi connectivity index (χ3v) is 3.19. The number of carboxylic acid groups (broad SMARTS) is 1. The molecule has 1 aliphatic heterocycles. The van der Waals surface area contributed by atoms with Gasteiger partial charge in [0, 0.05) is 13.2 Å². The topological polar surface area (TPSA) is 75.6 Å². The molecule has 1 saturated heterocycles. The van der Waals surface area contributed by atoms with Crippen molar-refractivity contribution in [3.63, 3.8) is 0 Å². The van der Waals surface area contributed by atoms with Gasteiger partial charge in [-0.2, -0.15) is 0 Å². The Labute approximate surface area is 102 Å². The molecule has 0 aromatic rings. The van der Waals surface area contributed by atoms with Crippen molar-refractivity contribution in [1.29, 1.82) is 0 Å². The van der Waals surface area contributed by atoms with E-state index < -0.39 is 17.5 Å². The number of amides is 1. The van der Waals surface area contributed by atoms with Gasteiger partial charge in [-0.25, -0.2) is 0 Å². The summed E-state index contributed by atoms with van der Waals surface area (Å²) in [6.45, 7) is 4.46. The van der Waals surface area contributed by atoms with Crippen LogP contribution < -0.4 is 5.32 Å². The number of carbonyl (C=O) groups excluding carboxylic acids is 1. The monoisotopic (exact) mass is 243 g/mol. The summed E-state index contributed by atoms with van der Waals surface area (Å²) in [7, 11) is 0. The zero-order valence-corrected chi connectivity index (χ0v) is 10.5. The van der Waals surface area contributed by atoms with Crippen molar-refractivity contribution in [3.05, 3.63) is 0 Å². The van der Waals surface area contributed by atoms with Crippen LogP contribution in [0.1, 0.15) is 39.5 Å². The second kappa shape index (κ2) is 6.00. The Morgan fingerprint density at radius 2 is 2.24 bits per heavy atom. The molecular formula is C12H21NO4. The molecule has 5 heteroatoms. The number of rotatable bonds is 6. The van der Waals surface area contributed by atoms with Gasteiger partial charge in [0.25, 0.3) is 5.91 Å². The van der Waals surface area contributed by atoms with Gasteiger partial charge in [-0.15, -0.1) is 0 Å². The molecule has 1 rings (SSSR count). The molecule has 1 aliphatic rings. The fourth-order valence-corrected chi connectivity index (χ4v) is 2.02. The minimum Gasteiger partial charge on any atom is -0.481 e.